The van der Waals surface area contributed by atoms with Gasteiger partial charge in [-0.15, -0.1) is 0 Å². The van der Waals surface area contributed by atoms with E-state index in [-0.39, 0.29) is 12.3 Å². The van der Waals surface area contributed by atoms with E-state index < -0.39 is 11.9 Å². The molecule has 0 bridgehead atoms. The van der Waals surface area contributed by atoms with Crippen molar-refractivity contribution in [3.05, 3.63) is 0 Å². The third kappa shape index (κ3) is 5.46. The van der Waals surface area contributed by atoms with E-state index in [0.29, 0.717) is 12.5 Å². The topological polar surface area (TPSA) is 101 Å². The van der Waals surface area contributed by atoms with Crippen molar-refractivity contribution in [3.63, 3.8) is 0 Å². The van der Waals surface area contributed by atoms with Gasteiger partial charge < -0.3 is 21.7 Å². The lowest BCUT2D eigenvalue weighted by molar-refractivity contribution is -0.126. The first-order valence-corrected chi connectivity index (χ1v) is 6.49. The van der Waals surface area contributed by atoms with Gasteiger partial charge in [0.1, 0.15) is 0 Å². The minimum atomic E-state index is -0.819. The predicted molar refractivity (Wildman–Crippen MR) is 69.6 cm³/mol. The summed E-state index contributed by atoms with van der Waals surface area (Å²) in [6, 6.07) is -0.819. The first kappa shape index (κ1) is 14.9. The Morgan fingerprint density at radius 3 is 2.56 bits per heavy atom. The van der Waals surface area contributed by atoms with E-state index in [1.807, 2.05) is 0 Å². The Bertz CT molecular complexity index is 288. The number of hydrogen-bond donors (Lipinski definition) is 3. The molecule has 0 aromatic rings. The van der Waals surface area contributed by atoms with Crippen molar-refractivity contribution in [1.29, 1.82) is 0 Å². The summed E-state index contributed by atoms with van der Waals surface area (Å²) >= 11 is 0. The summed E-state index contributed by atoms with van der Waals surface area (Å²) in [4.78, 5) is 24.5. The molecule has 5 N–H and O–H groups in total. The van der Waals surface area contributed by atoms with Crippen LogP contribution in [0.1, 0.15) is 25.7 Å². The van der Waals surface area contributed by atoms with Crippen LogP contribution in [-0.2, 0) is 9.59 Å². The maximum Gasteiger partial charge on any atom is 0.237 e. The normalized spacial score (nSPS) is 19.4. The first-order valence-electron chi connectivity index (χ1n) is 6.49. The van der Waals surface area contributed by atoms with Crippen molar-refractivity contribution < 1.29 is 9.59 Å². The van der Waals surface area contributed by atoms with Crippen LogP contribution in [-0.4, -0.2) is 49.4 Å². The van der Waals surface area contributed by atoms with Gasteiger partial charge >= 0.3 is 0 Å². The van der Waals surface area contributed by atoms with Crippen LogP contribution >= 0.6 is 0 Å². The maximum atomic E-state index is 11.5. The van der Waals surface area contributed by atoms with E-state index in [2.05, 4.69) is 17.3 Å². The summed E-state index contributed by atoms with van der Waals surface area (Å²) < 4.78 is 0. The van der Waals surface area contributed by atoms with Crippen LogP contribution in [0.4, 0.5) is 0 Å². The number of carbonyl (C=O) groups excluding carboxylic acids is 2. The zero-order valence-corrected chi connectivity index (χ0v) is 11.0. The Morgan fingerprint density at radius 1 is 1.39 bits per heavy atom. The Morgan fingerprint density at radius 2 is 2.00 bits per heavy atom. The quantitative estimate of drug-likeness (QED) is 0.569. The van der Waals surface area contributed by atoms with E-state index >= 15 is 0 Å². The fourth-order valence-electron chi connectivity index (χ4n) is 2.19. The largest absolute Gasteiger partial charge is 0.370 e. The third-order valence-electron chi connectivity index (χ3n) is 3.45. The molecule has 6 nitrogen and oxygen atoms in total. The number of piperidine rings is 1. The molecule has 0 saturated carbocycles. The molecule has 0 radical (unpaired) electrons. The zero-order chi connectivity index (χ0) is 13.5. The first-order chi connectivity index (χ1) is 8.49. The number of primary amides is 1. The molecular formula is C12H24N4O2. The lowest BCUT2D eigenvalue weighted by Crippen LogP contribution is -2.43. The number of nitrogens with two attached hydrogens (primary N) is 2. The van der Waals surface area contributed by atoms with E-state index in [0.717, 1.165) is 19.5 Å². The summed E-state index contributed by atoms with van der Waals surface area (Å²) in [5, 5.41) is 2.76. The van der Waals surface area contributed by atoms with Crippen molar-refractivity contribution in [2.24, 2.45) is 17.4 Å². The highest BCUT2D eigenvalue weighted by molar-refractivity contribution is 5.87. The van der Waals surface area contributed by atoms with E-state index in [1.165, 1.54) is 12.8 Å². The second kappa shape index (κ2) is 7.33. The van der Waals surface area contributed by atoms with Crippen LogP contribution in [0.3, 0.4) is 0 Å². The average Bonchev–Trinajstić information content (AvgIpc) is 2.30. The Labute approximate surface area is 108 Å². The van der Waals surface area contributed by atoms with Crippen LogP contribution in [0.15, 0.2) is 0 Å². The molecule has 2 amide bonds. The molecule has 1 aliphatic heterocycles. The fourth-order valence-corrected chi connectivity index (χ4v) is 2.19. The molecular weight excluding hydrogens is 232 g/mol. The molecule has 0 aliphatic carbocycles. The number of nitrogens with zero attached hydrogens (tertiary/aromatic N) is 1. The molecule has 0 aromatic heterocycles. The summed E-state index contributed by atoms with van der Waals surface area (Å²) in [5.74, 6) is -0.163. The van der Waals surface area contributed by atoms with Crippen LogP contribution in [0.5, 0.6) is 0 Å². The lowest BCUT2D eigenvalue weighted by Gasteiger charge is -2.28. The van der Waals surface area contributed by atoms with Crippen LogP contribution in [0, 0.1) is 5.92 Å². The summed E-state index contributed by atoms with van der Waals surface area (Å²) in [5.41, 5.74) is 10.5. The zero-order valence-electron chi connectivity index (χ0n) is 11.0. The monoisotopic (exact) mass is 256 g/mol. The predicted octanol–water partition coefficient (Wildman–Crippen LogP) is -0.963. The van der Waals surface area contributed by atoms with Gasteiger partial charge in [-0.25, -0.2) is 0 Å². The molecule has 1 atom stereocenters. The number of amides is 2. The lowest BCUT2D eigenvalue weighted by atomic mass is 9.94. The molecule has 1 aliphatic rings. The standard InChI is InChI=1S/C12H24N4O2/c1-16-6-3-9(4-7-16)2-5-15-12(18)10(13)8-11(14)17/h9-10H,2-8,13H2,1H3,(H2,14,17)(H,15,18). The molecule has 1 rings (SSSR count). The van der Waals surface area contributed by atoms with Gasteiger partial charge in [-0.05, 0) is 45.3 Å². The summed E-state index contributed by atoms with van der Waals surface area (Å²) in [6.07, 6.45) is 3.24. The molecule has 0 aromatic carbocycles. The molecule has 1 unspecified atom stereocenters. The second-order valence-electron chi connectivity index (χ2n) is 5.10. The molecule has 6 heteroatoms. The Kier molecular flexibility index (Phi) is 6.07. The Hall–Kier alpha value is -1.14. The van der Waals surface area contributed by atoms with Gasteiger partial charge in [0.15, 0.2) is 0 Å². The van der Waals surface area contributed by atoms with Crippen molar-refractivity contribution in [2.75, 3.05) is 26.7 Å². The highest BCUT2D eigenvalue weighted by Crippen LogP contribution is 2.18. The molecule has 1 saturated heterocycles. The Balaban J connectivity index is 2.13. The highest BCUT2D eigenvalue weighted by Gasteiger charge is 2.18. The smallest absolute Gasteiger partial charge is 0.237 e. The highest BCUT2D eigenvalue weighted by atomic mass is 16.2. The molecule has 1 fully saturated rings. The van der Waals surface area contributed by atoms with E-state index in [1.54, 1.807) is 0 Å². The molecule has 104 valence electrons. The number of hydrogen-bond acceptors (Lipinski definition) is 4. The summed E-state index contributed by atoms with van der Waals surface area (Å²) in [6.45, 7) is 2.87. The van der Waals surface area contributed by atoms with Crippen LogP contribution < -0.4 is 16.8 Å². The van der Waals surface area contributed by atoms with Gasteiger partial charge in [0, 0.05) is 6.54 Å². The van der Waals surface area contributed by atoms with E-state index in [4.69, 9.17) is 11.5 Å². The fraction of sp³-hybridized carbons (Fsp3) is 0.833. The van der Waals surface area contributed by atoms with Gasteiger partial charge in [-0.1, -0.05) is 0 Å². The van der Waals surface area contributed by atoms with Gasteiger partial charge in [-0.2, -0.15) is 0 Å². The van der Waals surface area contributed by atoms with Gasteiger partial charge in [0.2, 0.25) is 11.8 Å². The van der Waals surface area contributed by atoms with Crippen LogP contribution in [0.2, 0.25) is 0 Å². The molecule has 0 spiro atoms. The molecule has 1 heterocycles. The van der Waals surface area contributed by atoms with Gasteiger partial charge in [0.05, 0.1) is 12.5 Å². The van der Waals surface area contributed by atoms with Crippen molar-refractivity contribution in [3.8, 4) is 0 Å². The minimum Gasteiger partial charge on any atom is -0.370 e. The number of rotatable bonds is 6. The maximum absolute atomic E-state index is 11.5. The molecule has 18 heavy (non-hydrogen) atoms. The second-order valence-corrected chi connectivity index (χ2v) is 5.10. The number of carbonyl (C=O) groups is 2. The number of nitrogens with one attached hydrogen (secondary N) is 1. The summed E-state index contributed by atoms with van der Waals surface area (Å²) in [7, 11) is 2.13. The third-order valence-corrected chi connectivity index (χ3v) is 3.45. The number of likely N-dealkylation sites (tertiary alicyclic amines) is 1. The van der Waals surface area contributed by atoms with Crippen molar-refractivity contribution in [1.82, 2.24) is 10.2 Å². The average molecular weight is 256 g/mol. The van der Waals surface area contributed by atoms with Crippen LogP contribution in [0.25, 0.3) is 0 Å². The van der Waals surface area contributed by atoms with E-state index in [9.17, 15) is 9.59 Å². The van der Waals surface area contributed by atoms with Crippen molar-refractivity contribution in [2.45, 2.75) is 31.7 Å². The van der Waals surface area contributed by atoms with Crippen molar-refractivity contribution >= 4 is 11.8 Å². The SMILES string of the molecule is CN1CCC(CCNC(=O)C(N)CC(N)=O)CC1. The van der Waals surface area contributed by atoms with Gasteiger partial charge in [0.25, 0.3) is 0 Å². The minimum absolute atomic E-state index is 0.0972. The van der Waals surface area contributed by atoms with Gasteiger partial charge in [-0.3, -0.25) is 9.59 Å².